The van der Waals surface area contributed by atoms with Crippen LogP contribution in [-0.2, 0) is 9.53 Å². The van der Waals surface area contributed by atoms with Crippen molar-refractivity contribution in [1.29, 1.82) is 0 Å². The molecule has 0 spiro atoms. The van der Waals surface area contributed by atoms with Crippen molar-refractivity contribution in [3.8, 4) is 0 Å². The Morgan fingerprint density at radius 3 is 2.71 bits per heavy atom. The molecular formula is C12H15BrClNO2. The Hall–Kier alpha value is -0.740. The van der Waals surface area contributed by atoms with E-state index < -0.39 is 5.41 Å². The van der Waals surface area contributed by atoms with E-state index in [1.54, 1.807) is 6.07 Å². The van der Waals surface area contributed by atoms with Crippen molar-refractivity contribution in [2.45, 2.75) is 13.8 Å². The topological polar surface area (TPSA) is 38.3 Å². The van der Waals surface area contributed by atoms with Gasteiger partial charge < -0.3 is 10.1 Å². The van der Waals surface area contributed by atoms with Gasteiger partial charge in [-0.05, 0) is 48.0 Å². The summed E-state index contributed by atoms with van der Waals surface area (Å²) in [6, 6.07) is 5.52. The molecule has 17 heavy (non-hydrogen) atoms. The van der Waals surface area contributed by atoms with Crippen LogP contribution in [0.3, 0.4) is 0 Å². The number of methoxy groups -OCH3 is 1. The van der Waals surface area contributed by atoms with E-state index in [9.17, 15) is 4.79 Å². The predicted octanol–water partition coefficient (Wildman–Crippen LogP) is 3.71. The first kappa shape index (κ1) is 14.3. The number of halogens is 2. The third kappa shape index (κ3) is 3.89. The SMILES string of the molecule is COC(=O)C(C)(C)CNc1ccc(Cl)c(Br)c1. The molecule has 0 heterocycles. The minimum Gasteiger partial charge on any atom is -0.469 e. The Morgan fingerprint density at radius 2 is 2.18 bits per heavy atom. The lowest BCUT2D eigenvalue weighted by Crippen LogP contribution is -2.33. The lowest BCUT2D eigenvalue weighted by Gasteiger charge is -2.22. The third-order valence-electron chi connectivity index (χ3n) is 2.39. The van der Waals surface area contributed by atoms with Gasteiger partial charge in [-0.15, -0.1) is 0 Å². The van der Waals surface area contributed by atoms with E-state index >= 15 is 0 Å². The molecule has 1 rings (SSSR count). The second kappa shape index (κ2) is 5.74. The van der Waals surface area contributed by atoms with E-state index in [1.807, 2.05) is 26.0 Å². The van der Waals surface area contributed by atoms with Gasteiger partial charge in [0.05, 0.1) is 17.5 Å². The van der Waals surface area contributed by atoms with Gasteiger partial charge in [-0.1, -0.05) is 11.6 Å². The van der Waals surface area contributed by atoms with Crippen LogP contribution in [0.25, 0.3) is 0 Å². The fourth-order valence-electron chi connectivity index (χ4n) is 1.28. The van der Waals surface area contributed by atoms with Gasteiger partial charge in [-0.25, -0.2) is 0 Å². The van der Waals surface area contributed by atoms with Gasteiger partial charge in [0.25, 0.3) is 0 Å². The zero-order chi connectivity index (χ0) is 13.1. The molecular weight excluding hydrogens is 305 g/mol. The van der Waals surface area contributed by atoms with E-state index in [4.69, 9.17) is 16.3 Å². The number of hydrogen-bond donors (Lipinski definition) is 1. The van der Waals surface area contributed by atoms with Crippen LogP contribution in [0, 0.1) is 5.41 Å². The number of esters is 1. The Labute approximate surface area is 115 Å². The predicted molar refractivity (Wildman–Crippen MR) is 73.4 cm³/mol. The minimum absolute atomic E-state index is 0.238. The van der Waals surface area contributed by atoms with Crippen LogP contribution in [-0.4, -0.2) is 19.6 Å². The van der Waals surface area contributed by atoms with Gasteiger partial charge in [-0.2, -0.15) is 0 Å². The fourth-order valence-corrected chi connectivity index (χ4v) is 1.77. The molecule has 0 aliphatic carbocycles. The Kier molecular flexibility index (Phi) is 4.83. The van der Waals surface area contributed by atoms with Crippen molar-refractivity contribution in [3.05, 3.63) is 27.7 Å². The molecule has 0 atom stereocenters. The molecule has 0 radical (unpaired) electrons. The summed E-state index contributed by atoms with van der Waals surface area (Å²) >= 11 is 9.24. The first-order chi connectivity index (χ1) is 7.86. The molecule has 1 aromatic carbocycles. The smallest absolute Gasteiger partial charge is 0.313 e. The second-order valence-electron chi connectivity index (χ2n) is 4.36. The molecule has 0 aliphatic rings. The fraction of sp³-hybridized carbons (Fsp3) is 0.417. The number of carbonyl (C=O) groups is 1. The van der Waals surface area contributed by atoms with Crippen LogP contribution in [0.2, 0.25) is 5.02 Å². The average Bonchev–Trinajstić information content (AvgIpc) is 2.29. The van der Waals surface area contributed by atoms with Crippen LogP contribution in [0.1, 0.15) is 13.8 Å². The van der Waals surface area contributed by atoms with Gasteiger partial charge in [0, 0.05) is 16.7 Å². The van der Waals surface area contributed by atoms with Crippen LogP contribution in [0.15, 0.2) is 22.7 Å². The van der Waals surface area contributed by atoms with E-state index in [0.29, 0.717) is 11.6 Å². The second-order valence-corrected chi connectivity index (χ2v) is 5.62. The molecule has 3 nitrogen and oxygen atoms in total. The molecule has 0 saturated carbocycles. The summed E-state index contributed by atoms with van der Waals surface area (Å²) in [4.78, 5) is 11.5. The summed E-state index contributed by atoms with van der Waals surface area (Å²) in [5, 5.41) is 3.83. The Morgan fingerprint density at radius 1 is 1.53 bits per heavy atom. The molecule has 0 unspecified atom stereocenters. The number of anilines is 1. The number of ether oxygens (including phenoxy) is 1. The molecule has 0 saturated heterocycles. The van der Waals surface area contributed by atoms with Crippen LogP contribution in [0.4, 0.5) is 5.69 Å². The highest BCUT2D eigenvalue weighted by atomic mass is 79.9. The summed E-state index contributed by atoms with van der Waals surface area (Å²) in [5.41, 5.74) is 0.333. The maximum absolute atomic E-state index is 11.5. The zero-order valence-electron chi connectivity index (χ0n) is 10.0. The third-order valence-corrected chi connectivity index (χ3v) is 3.61. The van der Waals surface area contributed by atoms with Crippen molar-refractivity contribution in [1.82, 2.24) is 0 Å². The molecule has 1 aromatic rings. The van der Waals surface area contributed by atoms with Gasteiger partial charge in [0.15, 0.2) is 0 Å². The first-order valence-electron chi connectivity index (χ1n) is 5.14. The summed E-state index contributed by atoms with van der Waals surface area (Å²) < 4.78 is 5.56. The summed E-state index contributed by atoms with van der Waals surface area (Å²) in [6.07, 6.45) is 0. The van der Waals surface area contributed by atoms with Crippen molar-refractivity contribution in [2.24, 2.45) is 5.41 Å². The maximum atomic E-state index is 11.5. The summed E-state index contributed by atoms with van der Waals surface area (Å²) in [6.45, 7) is 4.15. The molecule has 1 N–H and O–H groups in total. The van der Waals surface area contributed by atoms with Gasteiger partial charge in [0.2, 0.25) is 0 Å². The number of rotatable bonds is 4. The molecule has 94 valence electrons. The standard InChI is InChI=1S/C12H15BrClNO2/c1-12(2,11(16)17-3)7-15-8-4-5-10(14)9(13)6-8/h4-6,15H,7H2,1-3H3. The Balaban J connectivity index is 2.67. The highest BCUT2D eigenvalue weighted by Gasteiger charge is 2.28. The molecule has 0 bridgehead atoms. The van der Waals surface area contributed by atoms with E-state index in [-0.39, 0.29) is 5.97 Å². The average molecular weight is 321 g/mol. The largest absolute Gasteiger partial charge is 0.469 e. The number of carbonyl (C=O) groups excluding carboxylic acids is 1. The quantitative estimate of drug-likeness (QED) is 0.859. The lowest BCUT2D eigenvalue weighted by molar-refractivity contribution is -0.149. The van der Waals surface area contributed by atoms with Crippen LogP contribution >= 0.6 is 27.5 Å². The van der Waals surface area contributed by atoms with Gasteiger partial charge >= 0.3 is 5.97 Å². The summed E-state index contributed by atoms with van der Waals surface area (Å²) in [5.74, 6) is -0.238. The van der Waals surface area contributed by atoms with Gasteiger partial charge in [-0.3, -0.25) is 4.79 Å². The van der Waals surface area contributed by atoms with Gasteiger partial charge in [0.1, 0.15) is 0 Å². The van der Waals surface area contributed by atoms with Crippen LogP contribution in [0.5, 0.6) is 0 Å². The lowest BCUT2D eigenvalue weighted by atomic mass is 9.93. The molecule has 0 aliphatic heterocycles. The van der Waals surface area contributed by atoms with E-state index in [2.05, 4.69) is 21.2 Å². The highest BCUT2D eigenvalue weighted by Crippen LogP contribution is 2.26. The maximum Gasteiger partial charge on any atom is 0.313 e. The molecule has 0 aromatic heterocycles. The minimum atomic E-state index is -0.569. The number of hydrogen-bond acceptors (Lipinski definition) is 3. The number of nitrogens with one attached hydrogen (secondary N) is 1. The van der Waals surface area contributed by atoms with Crippen molar-refractivity contribution in [2.75, 3.05) is 19.0 Å². The van der Waals surface area contributed by atoms with Crippen molar-refractivity contribution < 1.29 is 9.53 Å². The normalized spacial score (nSPS) is 11.1. The zero-order valence-corrected chi connectivity index (χ0v) is 12.4. The monoisotopic (exact) mass is 319 g/mol. The number of benzene rings is 1. The highest BCUT2D eigenvalue weighted by molar-refractivity contribution is 9.10. The van der Waals surface area contributed by atoms with Crippen LogP contribution < -0.4 is 5.32 Å². The van der Waals surface area contributed by atoms with E-state index in [0.717, 1.165) is 10.2 Å². The summed E-state index contributed by atoms with van der Waals surface area (Å²) in [7, 11) is 1.39. The Bertz CT molecular complexity index is 421. The van der Waals surface area contributed by atoms with E-state index in [1.165, 1.54) is 7.11 Å². The first-order valence-corrected chi connectivity index (χ1v) is 6.31. The molecule has 0 amide bonds. The van der Waals surface area contributed by atoms with Crippen molar-refractivity contribution in [3.63, 3.8) is 0 Å². The molecule has 5 heteroatoms. The molecule has 0 fully saturated rings. The van der Waals surface area contributed by atoms with Crippen molar-refractivity contribution >= 4 is 39.2 Å².